The lowest BCUT2D eigenvalue weighted by molar-refractivity contribution is -0.123. The Bertz CT molecular complexity index is 1020. The van der Waals surface area contributed by atoms with Crippen molar-refractivity contribution in [3.63, 3.8) is 0 Å². The summed E-state index contributed by atoms with van der Waals surface area (Å²) >= 11 is 5.68. The maximum Gasteiger partial charge on any atom is 0.361 e. The molecule has 0 fully saturated rings. The minimum atomic E-state index is -1.12. The van der Waals surface area contributed by atoms with E-state index in [1.165, 1.54) is 19.1 Å². The summed E-state index contributed by atoms with van der Waals surface area (Å²) in [6.07, 6.45) is -1.12. The van der Waals surface area contributed by atoms with Gasteiger partial charge in [0, 0.05) is 11.3 Å². The third kappa shape index (κ3) is 4.37. The molecule has 3 aromatic rings. The standard InChI is InChI=1S/C20H16ClFN2O4/c1-11-17(24-19(27-11)13-6-4-3-5-7-13)20(26)28-12(2)18(25)23-14-8-9-16(22)15(21)10-14/h3-10,12H,1-2H3,(H,23,25)/t12-/m0/s1. The summed E-state index contributed by atoms with van der Waals surface area (Å²) in [6, 6.07) is 12.8. The van der Waals surface area contributed by atoms with Gasteiger partial charge in [-0.3, -0.25) is 4.79 Å². The van der Waals surface area contributed by atoms with Gasteiger partial charge in [0.15, 0.2) is 11.8 Å². The predicted octanol–water partition coefficient (Wildman–Crippen LogP) is 4.63. The molecule has 1 N–H and O–H groups in total. The van der Waals surface area contributed by atoms with Gasteiger partial charge in [-0.2, -0.15) is 0 Å². The molecule has 1 atom stereocenters. The SMILES string of the molecule is Cc1oc(-c2ccccc2)nc1C(=O)O[C@@H](C)C(=O)Nc1ccc(F)c(Cl)c1. The van der Waals surface area contributed by atoms with Crippen LogP contribution >= 0.6 is 11.6 Å². The van der Waals surface area contributed by atoms with Gasteiger partial charge in [-0.05, 0) is 44.2 Å². The van der Waals surface area contributed by atoms with Gasteiger partial charge >= 0.3 is 5.97 Å². The Morgan fingerprint density at radius 2 is 1.93 bits per heavy atom. The molecule has 1 heterocycles. The summed E-state index contributed by atoms with van der Waals surface area (Å²) in [5.74, 6) is -1.43. The van der Waals surface area contributed by atoms with E-state index >= 15 is 0 Å². The number of aromatic nitrogens is 1. The highest BCUT2D eigenvalue weighted by Gasteiger charge is 2.24. The van der Waals surface area contributed by atoms with Crippen LogP contribution in [0.3, 0.4) is 0 Å². The number of rotatable bonds is 5. The van der Waals surface area contributed by atoms with E-state index in [1.54, 1.807) is 19.1 Å². The van der Waals surface area contributed by atoms with E-state index in [2.05, 4.69) is 10.3 Å². The number of oxazole rings is 1. The van der Waals surface area contributed by atoms with Gasteiger partial charge in [0.2, 0.25) is 5.89 Å². The highest BCUT2D eigenvalue weighted by atomic mass is 35.5. The number of hydrogen-bond donors (Lipinski definition) is 1. The maximum absolute atomic E-state index is 13.2. The lowest BCUT2D eigenvalue weighted by Gasteiger charge is -2.13. The number of halogens is 2. The molecule has 0 aliphatic heterocycles. The fourth-order valence-corrected chi connectivity index (χ4v) is 2.56. The third-order valence-electron chi connectivity index (χ3n) is 3.85. The molecule has 0 aliphatic carbocycles. The van der Waals surface area contributed by atoms with Gasteiger partial charge in [-0.15, -0.1) is 0 Å². The Balaban J connectivity index is 1.67. The molecule has 0 saturated carbocycles. The minimum absolute atomic E-state index is 0.0108. The minimum Gasteiger partial charge on any atom is -0.448 e. The van der Waals surface area contributed by atoms with Gasteiger partial charge in [0.25, 0.3) is 5.91 Å². The number of carbonyl (C=O) groups is 2. The molecule has 1 aromatic heterocycles. The van der Waals surface area contributed by atoms with E-state index in [-0.39, 0.29) is 28.1 Å². The van der Waals surface area contributed by atoms with Crippen LogP contribution in [-0.2, 0) is 9.53 Å². The number of anilines is 1. The molecule has 0 aliphatic rings. The first kappa shape index (κ1) is 19.6. The van der Waals surface area contributed by atoms with Gasteiger partial charge in [-0.25, -0.2) is 14.2 Å². The van der Waals surface area contributed by atoms with E-state index < -0.39 is 23.8 Å². The van der Waals surface area contributed by atoms with Gasteiger partial charge in [0.05, 0.1) is 5.02 Å². The smallest absolute Gasteiger partial charge is 0.361 e. The highest BCUT2D eigenvalue weighted by molar-refractivity contribution is 6.31. The topological polar surface area (TPSA) is 81.4 Å². The van der Waals surface area contributed by atoms with Crippen LogP contribution in [0.4, 0.5) is 10.1 Å². The van der Waals surface area contributed by atoms with Crippen LogP contribution in [0.5, 0.6) is 0 Å². The molecule has 0 unspecified atom stereocenters. The number of benzene rings is 2. The Morgan fingerprint density at radius 3 is 2.61 bits per heavy atom. The quantitative estimate of drug-likeness (QED) is 0.629. The molecule has 8 heteroatoms. The van der Waals surface area contributed by atoms with Crippen molar-refractivity contribution in [1.82, 2.24) is 4.98 Å². The van der Waals surface area contributed by atoms with Crippen LogP contribution in [0.2, 0.25) is 5.02 Å². The number of nitrogens with zero attached hydrogens (tertiary/aromatic N) is 1. The second kappa shape index (κ2) is 8.22. The Hall–Kier alpha value is -3.19. The average molecular weight is 403 g/mol. The van der Waals surface area contributed by atoms with Gasteiger partial charge in [-0.1, -0.05) is 29.8 Å². The fraction of sp³-hybridized carbons (Fsp3) is 0.150. The molecule has 0 spiro atoms. The molecule has 0 saturated heterocycles. The van der Waals surface area contributed by atoms with E-state index in [1.807, 2.05) is 18.2 Å². The van der Waals surface area contributed by atoms with Crippen molar-refractivity contribution in [2.24, 2.45) is 0 Å². The number of carbonyl (C=O) groups excluding carboxylic acids is 2. The van der Waals surface area contributed by atoms with E-state index in [0.717, 1.165) is 6.07 Å². The molecule has 144 valence electrons. The van der Waals surface area contributed by atoms with E-state index in [4.69, 9.17) is 20.8 Å². The molecule has 6 nitrogen and oxygen atoms in total. The molecule has 0 radical (unpaired) electrons. The molecule has 1 amide bonds. The predicted molar refractivity (Wildman–Crippen MR) is 102 cm³/mol. The van der Waals surface area contributed by atoms with Crippen molar-refractivity contribution in [1.29, 1.82) is 0 Å². The lowest BCUT2D eigenvalue weighted by atomic mass is 10.2. The monoisotopic (exact) mass is 402 g/mol. The Labute approximate surface area is 165 Å². The average Bonchev–Trinajstić information content (AvgIpc) is 3.07. The summed E-state index contributed by atoms with van der Waals surface area (Å²) in [4.78, 5) is 28.8. The van der Waals surface area contributed by atoms with Crippen molar-refractivity contribution in [2.45, 2.75) is 20.0 Å². The number of aryl methyl sites for hydroxylation is 1. The molecular formula is C20H16ClFN2O4. The first-order valence-electron chi connectivity index (χ1n) is 8.35. The highest BCUT2D eigenvalue weighted by Crippen LogP contribution is 2.23. The molecule has 28 heavy (non-hydrogen) atoms. The molecular weight excluding hydrogens is 387 g/mol. The maximum atomic E-state index is 13.2. The van der Waals surface area contributed by atoms with Crippen molar-refractivity contribution >= 4 is 29.2 Å². The molecule has 2 aromatic carbocycles. The van der Waals surface area contributed by atoms with Gasteiger partial charge < -0.3 is 14.5 Å². The van der Waals surface area contributed by atoms with E-state index in [0.29, 0.717) is 5.56 Å². The van der Waals surface area contributed by atoms with Crippen LogP contribution < -0.4 is 5.32 Å². The van der Waals surface area contributed by atoms with Crippen LogP contribution in [0, 0.1) is 12.7 Å². The molecule has 3 rings (SSSR count). The number of amides is 1. The zero-order valence-corrected chi connectivity index (χ0v) is 15.8. The van der Waals surface area contributed by atoms with Gasteiger partial charge in [0.1, 0.15) is 11.6 Å². The van der Waals surface area contributed by atoms with Crippen LogP contribution in [0.15, 0.2) is 52.9 Å². The van der Waals surface area contributed by atoms with Crippen molar-refractivity contribution < 1.29 is 23.1 Å². The second-order valence-electron chi connectivity index (χ2n) is 5.96. The first-order chi connectivity index (χ1) is 13.3. The summed E-state index contributed by atoms with van der Waals surface area (Å²) in [5, 5.41) is 2.37. The fourth-order valence-electron chi connectivity index (χ4n) is 2.38. The van der Waals surface area contributed by atoms with E-state index in [9.17, 15) is 14.0 Å². The van der Waals surface area contributed by atoms with Crippen LogP contribution in [0.1, 0.15) is 23.2 Å². The number of ether oxygens (including phenoxy) is 1. The summed E-state index contributed by atoms with van der Waals surface area (Å²) in [5.41, 5.74) is 0.982. The number of nitrogens with one attached hydrogen (secondary N) is 1. The summed E-state index contributed by atoms with van der Waals surface area (Å²) in [7, 11) is 0. The largest absolute Gasteiger partial charge is 0.448 e. The third-order valence-corrected chi connectivity index (χ3v) is 4.14. The first-order valence-corrected chi connectivity index (χ1v) is 8.72. The van der Waals surface area contributed by atoms with Crippen LogP contribution in [0.25, 0.3) is 11.5 Å². The molecule has 0 bridgehead atoms. The zero-order valence-electron chi connectivity index (χ0n) is 15.0. The Morgan fingerprint density at radius 1 is 1.21 bits per heavy atom. The van der Waals surface area contributed by atoms with Crippen molar-refractivity contribution in [2.75, 3.05) is 5.32 Å². The summed E-state index contributed by atoms with van der Waals surface area (Å²) < 4.78 is 23.9. The second-order valence-corrected chi connectivity index (χ2v) is 6.36. The Kier molecular flexibility index (Phi) is 5.75. The number of esters is 1. The summed E-state index contributed by atoms with van der Waals surface area (Å²) in [6.45, 7) is 2.99. The van der Waals surface area contributed by atoms with Crippen LogP contribution in [-0.4, -0.2) is 23.0 Å². The normalized spacial score (nSPS) is 11.7. The van der Waals surface area contributed by atoms with Crippen molar-refractivity contribution in [3.8, 4) is 11.5 Å². The zero-order chi connectivity index (χ0) is 20.3. The lowest BCUT2D eigenvalue weighted by Crippen LogP contribution is -2.30. The number of hydrogen-bond acceptors (Lipinski definition) is 5. The van der Waals surface area contributed by atoms with Crippen molar-refractivity contribution in [3.05, 3.63) is 70.8 Å².